The number of sulfonamides is 1. The van der Waals surface area contributed by atoms with E-state index in [0.29, 0.717) is 24.5 Å². The highest BCUT2D eigenvalue weighted by molar-refractivity contribution is 7.92. The third kappa shape index (κ3) is 5.27. The number of nitrogens with one attached hydrogen (secondary N) is 2. The van der Waals surface area contributed by atoms with E-state index in [4.69, 9.17) is 15.9 Å². The van der Waals surface area contributed by atoms with Crippen LogP contribution < -0.4 is 20.1 Å². The van der Waals surface area contributed by atoms with E-state index in [1.54, 1.807) is 55.6 Å². The quantitative estimate of drug-likeness (QED) is 0.408. The van der Waals surface area contributed by atoms with Gasteiger partial charge in [-0.15, -0.1) is 0 Å². The summed E-state index contributed by atoms with van der Waals surface area (Å²) in [6.45, 7) is 0.767. The van der Waals surface area contributed by atoms with Gasteiger partial charge in [-0.2, -0.15) is 0 Å². The monoisotopic (exact) mass is 452 g/mol. The number of hydrogen-bond acceptors (Lipinski definition) is 6. The number of rotatable bonds is 10. The average molecular weight is 453 g/mol. The Kier molecular flexibility index (Phi) is 7.50. The van der Waals surface area contributed by atoms with Crippen molar-refractivity contribution in [2.75, 3.05) is 36.9 Å². The lowest BCUT2D eigenvalue weighted by Gasteiger charge is -2.20. The van der Waals surface area contributed by atoms with Crippen LogP contribution in [0.5, 0.6) is 5.75 Å². The van der Waals surface area contributed by atoms with E-state index in [1.807, 2.05) is 30.3 Å². The van der Waals surface area contributed by atoms with Gasteiger partial charge >= 0.3 is 0 Å². The summed E-state index contributed by atoms with van der Waals surface area (Å²) in [6, 6.07) is 22.8. The van der Waals surface area contributed by atoms with Crippen molar-refractivity contribution in [1.82, 2.24) is 0 Å². The zero-order valence-corrected chi connectivity index (χ0v) is 19.0. The molecule has 0 heterocycles. The Balaban J connectivity index is 1.66. The van der Waals surface area contributed by atoms with Gasteiger partial charge in [-0.25, -0.2) is 8.42 Å². The lowest BCUT2D eigenvalue weighted by molar-refractivity contribution is 0.415. The predicted octanol–water partition coefficient (Wildman–Crippen LogP) is 3.58. The first-order valence-electron chi connectivity index (χ1n) is 10.2. The molecule has 0 saturated heterocycles. The van der Waals surface area contributed by atoms with Crippen LogP contribution in [-0.2, 0) is 10.0 Å². The molecule has 3 rings (SSSR count). The average Bonchev–Trinajstić information content (AvgIpc) is 2.84. The van der Waals surface area contributed by atoms with Gasteiger partial charge in [0.15, 0.2) is 0 Å². The second kappa shape index (κ2) is 10.3. The van der Waals surface area contributed by atoms with E-state index < -0.39 is 10.0 Å². The molecule has 0 saturated carbocycles. The number of anilines is 2. The Morgan fingerprint density at radius 3 is 2.22 bits per heavy atom. The molecule has 0 radical (unpaired) electrons. The van der Waals surface area contributed by atoms with Gasteiger partial charge in [0, 0.05) is 37.5 Å². The largest absolute Gasteiger partial charge is 0.497 e. The van der Waals surface area contributed by atoms with Crippen molar-refractivity contribution < 1.29 is 13.2 Å². The second-order valence-corrected chi connectivity index (χ2v) is 9.26. The van der Waals surface area contributed by atoms with Crippen molar-refractivity contribution in [1.29, 1.82) is 5.41 Å². The lowest BCUT2D eigenvalue weighted by atomic mass is 9.96. The van der Waals surface area contributed by atoms with Crippen LogP contribution in [0.25, 0.3) is 0 Å². The molecule has 168 valence electrons. The summed E-state index contributed by atoms with van der Waals surface area (Å²) in [5.41, 5.74) is 8.48. The molecule has 1 atom stereocenters. The van der Waals surface area contributed by atoms with Crippen LogP contribution in [0.15, 0.2) is 83.8 Å². The smallest absolute Gasteiger partial charge is 0.264 e. The molecule has 8 heteroatoms. The Morgan fingerprint density at radius 2 is 1.66 bits per heavy atom. The zero-order valence-electron chi connectivity index (χ0n) is 18.2. The predicted molar refractivity (Wildman–Crippen MR) is 129 cm³/mol. The standard InChI is InChI=1S/C24H28N4O3S/c1-28(21-6-4-3-5-7-21)32(29,30)23-14-10-20(11-15-23)27-17-19(16-25)24(26)18-8-12-22(31-2)13-9-18/h3-15,19,26-27H,16-17,25H2,1-2H3. The van der Waals surface area contributed by atoms with Crippen LogP contribution in [0.4, 0.5) is 11.4 Å². The highest BCUT2D eigenvalue weighted by atomic mass is 32.2. The van der Waals surface area contributed by atoms with Crippen LogP contribution in [0.2, 0.25) is 0 Å². The molecule has 1 unspecified atom stereocenters. The topological polar surface area (TPSA) is 109 Å². The van der Waals surface area contributed by atoms with Crippen molar-refractivity contribution >= 4 is 27.1 Å². The van der Waals surface area contributed by atoms with Crippen LogP contribution in [0, 0.1) is 11.3 Å². The van der Waals surface area contributed by atoms with Gasteiger partial charge in [0.25, 0.3) is 10.0 Å². The molecule has 0 aromatic heterocycles. The Morgan fingerprint density at radius 1 is 1.03 bits per heavy atom. The van der Waals surface area contributed by atoms with Crippen molar-refractivity contribution in [3.63, 3.8) is 0 Å². The van der Waals surface area contributed by atoms with E-state index in [0.717, 1.165) is 17.0 Å². The molecular weight excluding hydrogens is 424 g/mol. The molecule has 7 nitrogen and oxygen atoms in total. The van der Waals surface area contributed by atoms with E-state index in [-0.39, 0.29) is 10.8 Å². The number of para-hydroxylation sites is 1. The molecule has 4 N–H and O–H groups in total. The number of ether oxygens (including phenoxy) is 1. The van der Waals surface area contributed by atoms with Gasteiger partial charge in [-0.05, 0) is 66.2 Å². The Hall–Kier alpha value is -3.36. The van der Waals surface area contributed by atoms with Crippen LogP contribution in [0.1, 0.15) is 5.56 Å². The molecule has 3 aromatic rings. The van der Waals surface area contributed by atoms with Crippen LogP contribution in [-0.4, -0.2) is 41.4 Å². The number of nitrogens with two attached hydrogens (primary N) is 1. The summed E-state index contributed by atoms with van der Waals surface area (Å²) < 4.78 is 32.2. The minimum atomic E-state index is -3.66. The zero-order chi connectivity index (χ0) is 23.1. The highest BCUT2D eigenvalue weighted by Gasteiger charge is 2.21. The van der Waals surface area contributed by atoms with Crippen molar-refractivity contribution in [2.24, 2.45) is 11.7 Å². The van der Waals surface area contributed by atoms with Gasteiger partial charge in [0.05, 0.1) is 17.7 Å². The Labute approximate surface area is 189 Å². The number of hydrogen-bond donors (Lipinski definition) is 3. The molecule has 0 aliphatic rings. The molecule has 0 bridgehead atoms. The van der Waals surface area contributed by atoms with Crippen molar-refractivity contribution in [3.05, 3.63) is 84.4 Å². The van der Waals surface area contributed by atoms with Gasteiger partial charge in [-0.1, -0.05) is 18.2 Å². The lowest BCUT2D eigenvalue weighted by Crippen LogP contribution is -2.30. The molecular formula is C24H28N4O3S. The first-order valence-corrected chi connectivity index (χ1v) is 11.6. The summed E-state index contributed by atoms with van der Waals surface area (Å²) in [5.74, 6) is 0.535. The van der Waals surface area contributed by atoms with Crippen molar-refractivity contribution in [3.8, 4) is 5.75 Å². The number of nitrogens with zero attached hydrogens (tertiary/aromatic N) is 1. The van der Waals surface area contributed by atoms with E-state index in [9.17, 15) is 8.42 Å². The normalized spacial score (nSPS) is 12.1. The maximum Gasteiger partial charge on any atom is 0.264 e. The Bertz CT molecular complexity index is 1130. The third-order valence-corrected chi connectivity index (χ3v) is 7.08. The summed E-state index contributed by atoms with van der Waals surface area (Å²) in [4.78, 5) is 0.204. The first kappa shape index (κ1) is 23.3. The molecule has 0 aliphatic heterocycles. The summed E-state index contributed by atoms with van der Waals surface area (Å²) in [6.07, 6.45) is 0. The van der Waals surface area contributed by atoms with Crippen molar-refractivity contribution in [2.45, 2.75) is 4.90 Å². The molecule has 0 aliphatic carbocycles. The van der Waals surface area contributed by atoms with E-state index in [2.05, 4.69) is 5.32 Å². The van der Waals surface area contributed by atoms with Gasteiger partial charge in [-0.3, -0.25) is 4.31 Å². The molecule has 0 fully saturated rings. The summed E-state index contributed by atoms with van der Waals surface area (Å²) >= 11 is 0. The second-order valence-electron chi connectivity index (χ2n) is 7.29. The van der Waals surface area contributed by atoms with E-state index in [1.165, 1.54) is 11.4 Å². The van der Waals surface area contributed by atoms with E-state index >= 15 is 0 Å². The number of methoxy groups -OCH3 is 1. The SMILES string of the molecule is COc1ccc(C(=N)C(CN)CNc2ccc(S(=O)(=O)N(C)c3ccccc3)cc2)cc1. The fourth-order valence-corrected chi connectivity index (χ4v) is 4.43. The fourth-order valence-electron chi connectivity index (χ4n) is 3.23. The maximum absolute atomic E-state index is 12.9. The van der Waals surface area contributed by atoms with Crippen LogP contribution >= 0.6 is 0 Å². The first-order chi connectivity index (χ1) is 15.4. The summed E-state index contributed by atoms with van der Waals surface area (Å²) in [5, 5.41) is 11.7. The minimum absolute atomic E-state index is 0.198. The molecule has 32 heavy (non-hydrogen) atoms. The van der Waals surface area contributed by atoms with Gasteiger partial charge in [0.1, 0.15) is 5.75 Å². The highest BCUT2D eigenvalue weighted by Crippen LogP contribution is 2.23. The maximum atomic E-state index is 12.9. The molecule has 0 amide bonds. The van der Waals surface area contributed by atoms with Crippen LogP contribution in [0.3, 0.4) is 0 Å². The van der Waals surface area contributed by atoms with Gasteiger partial charge < -0.3 is 21.2 Å². The fraction of sp³-hybridized carbons (Fsp3) is 0.208. The molecule has 0 spiro atoms. The number of benzene rings is 3. The summed E-state index contributed by atoms with van der Waals surface area (Å²) in [7, 11) is -0.523. The molecule has 3 aromatic carbocycles. The van der Waals surface area contributed by atoms with Gasteiger partial charge in [0.2, 0.25) is 0 Å². The third-order valence-electron chi connectivity index (χ3n) is 5.28. The minimum Gasteiger partial charge on any atom is -0.497 e.